The molecule has 0 aliphatic carbocycles. The molecule has 3 nitrogen and oxygen atoms in total. The SMILES string of the molecule is O=CCNCCCO. The van der Waals surface area contributed by atoms with Crippen LogP contribution < -0.4 is 5.32 Å². The summed E-state index contributed by atoms with van der Waals surface area (Å²) in [6.07, 6.45) is 1.52. The Morgan fingerprint density at radius 2 is 2.38 bits per heavy atom. The van der Waals surface area contributed by atoms with Crippen molar-refractivity contribution in [3.63, 3.8) is 0 Å². The fourth-order valence-electron chi connectivity index (χ4n) is 0.365. The van der Waals surface area contributed by atoms with Crippen LogP contribution >= 0.6 is 0 Å². The maximum absolute atomic E-state index is 9.64. The zero-order valence-electron chi connectivity index (χ0n) is 4.76. The minimum atomic E-state index is 0.186. The molecule has 0 saturated carbocycles. The van der Waals surface area contributed by atoms with Crippen LogP contribution in [0.25, 0.3) is 0 Å². The Balaban J connectivity index is 2.62. The Morgan fingerprint density at radius 1 is 1.62 bits per heavy atom. The van der Waals surface area contributed by atoms with Gasteiger partial charge in [0.25, 0.3) is 0 Å². The third-order valence-corrected chi connectivity index (χ3v) is 0.739. The third kappa shape index (κ3) is 5.59. The van der Waals surface area contributed by atoms with Crippen LogP contribution in [0.15, 0.2) is 0 Å². The molecule has 0 bridgehead atoms. The Kier molecular flexibility index (Phi) is 6.25. The van der Waals surface area contributed by atoms with Crippen LogP contribution in [0.4, 0.5) is 0 Å². The van der Waals surface area contributed by atoms with E-state index in [9.17, 15) is 4.79 Å². The lowest BCUT2D eigenvalue weighted by Gasteiger charge is -1.94. The van der Waals surface area contributed by atoms with Crippen molar-refractivity contribution in [3.05, 3.63) is 0 Å². The molecule has 0 fully saturated rings. The highest BCUT2D eigenvalue weighted by Gasteiger charge is 1.81. The molecule has 3 heteroatoms. The Labute approximate surface area is 48.7 Å². The van der Waals surface area contributed by atoms with Gasteiger partial charge >= 0.3 is 0 Å². The number of aliphatic hydroxyl groups is 1. The van der Waals surface area contributed by atoms with Gasteiger partial charge < -0.3 is 15.2 Å². The summed E-state index contributed by atoms with van der Waals surface area (Å²) < 4.78 is 0. The molecular formula is C5H11NO2. The fraction of sp³-hybridized carbons (Fsp3) is 0.800. The number of rotatable bonds is 5. The molecule has 0 aromatic carbocycles. The van der Waals surface area contributed by atoms with E-state index >= 15 is 0 Å². The van der Waals surface area contributed by atoms with Crippen LogP contribution in [0, 0.1) is 0 Å². The quantitative estimate of drug-likeness (QED) is 0.364. The monoisotopic (exact) mass is 117 g/mol. The third-order valence-electron chi connectivity index (χ3n) is 0.739. The standard InChI is InChI=1S/C5H11NO2/c7-4-1-2-6-3-5-8/h5-7H,1-4H2. The lowest BCUT2D eigenvalue weighted by molar-refractivity contribution is -0.107. The first-order valence-corrected chi connectivity index (χ1v) is 2.67. The van der Waals surface area contributed by atoms with Gasteiger partial charge in [0, 0.05) is 6.61 Å². The van der Waals surface area contributed by atoms with Gasteiger partial charge in [0.2, 0.25) is 0 Å². The molecule has 0 aromatic heterocycles. The van der Waals surface area contributed by atoms with E-state index in [0.717, 1.165) is 12.8 Å². The van der Waals surface area contributed by atoms with Crippen molar-refractivity contribution in [2.75, 3.05) is 19.7 Å². The van der Waals surface area contributed by atoms with E-state index < -0.39 is 0 Å². The van der Waals surface area contributed by atoms with Crippen molar-refractivity contribution in [1.29, 1.82) is 0 Å². The van der Waals surface area contributed by atoms with E-state index in [-0.39, 0.29) is 6.61 Å². The molecule has 8 heavy (non-hydrogen) atoms. The number of hydrogen-bond acceptors (Lipinski definition) is 3. The number of carbonyl (C=O) groups excluding carboxylic acids is 1. The van der Waals surface area contributed by atoms with Gasteiger partial charge in [-0.1, -0.05) is 0 Å². The van der Waals surface area contributed by atoms with Crippen molar-refractivity contribution < 1.29 is 9.90 Å². The molecule has 0 radical (unpaired) electrons. The van der Waals surface area contributed by atoms with E-state index in [1.807, 2.05) is 0 Å². The predicted octanol–water partition coefficient (Wildman–Crippen LogP) is -0.843. The van der Waals surface area contributed by atoms with E-state index in [2.05, 4.69) is 5.32 Å². The molecule has 0 heterocycles. The van der Waals surface area contributed by atoms with E-state index in [1.165, 1.54) is 0 Å². The molecule has 0 amide bonds. The molecule has 0 unspecified atom stereocenters. The number of aliphatic hydroxyl groups excluding tert-OH is 1. The molecule has 0 aliphatic rings. The summed E-state index contributed by atoms with van der Waals surface area (Å²) in [5.74, 6) is 0. The van der Waals surface area contributed by atoms with Crippen molar-refractivity contribution in [2.24, 2.45) is 0 Å². The fourth-order valence-corrected chi connectivity index (χ4v) is 0.365. The van der Waals surface area contributed by atoms with Gasteiger partial charge in [-0.3, -0.25) is 0 Å². The second kappa shape index (κ2) is 6.59. The highest BCUT2D eigenvalue weighted by atomic mass is 16.3. The second-order valence-corrected chi connectivity index (χ2v) is 1.45. The number of aldehydes is 1. The molecule has 0 spiro atoms. The maximum Gasteiger partial charge on any atom is 0.133 e. The highest BCUT2D eigenvalue weighted by Crippen LogP contribution is 1.68. The molecule has 0 aromatic rings. The summed E-state index contributed by atoms with van der Waals surface area (Å²) in [5.41, 5.74) is 0. The zero-order valence-corrected chi connectivity index (χ0v) is 4.76. The van der Waals surface area contributed by atoms with Gasteiger partial charge in [0.05, 0.1) is 6.54 Å². The first kappa shape index (κ1) is 7.59. The molecule has 2 N–H and O–H groups in total. The van der Waals surface area contributed by atoms with Gasteiger partial charge in [-0.25, -0.2) is 0 Å². The summed E-state index contributed by atoms with van der Waals surface area (Å²) >= 11 is 0. The number of carbonyl (C=O) groups is 1. The average molecular weight is 117 g/mol. The van der Waals surface area contributed by atoms with Crippen LogP contribution in [0.1, 0.15) is 6.42 Å². The Hall–Kier alpha value is -0.410. The lowest BCUT2D eigenvalue weighted by atomic mass is 10.4. The van der Waals surface area contributed by atoms with E-state index in [4.69, 9.17) is 5.11 Å². The molecule has 0 saturated heterocycles. The Morgan fingerprint density at radius 3 is 2.88 bits per heavy atom. The molecule has 0 rings (SSSR count). The average Bonchev–Trinajstić information content (AvgIpc) is 1.81. The second-order valence-electron chi connectivity index (χ2n) is 1.45. The minimum Gasteiger partial charge on any atom is -0.396 e. The van der Waals surface area contributed by atoms with Crippen LogP contribution in [-0.4, -0.2) is 31.1 Å². The van der Waals surface area contributed by atoms with Crippen LogP contribution in [0.2, 0.25) is 0 Å². The first-order valence-electron chi connectivity index (χ1n) is 2.67. The molecule has 0 aliphatic heterocycles. The largest absolute Gasteiger partial charge is 0.396 e. The normalized spacial score (nSPS) is 9.12. The zero-order chi connectivity index (χ0) is 6.24. The topological polar surface area (TPSA) is 49.3 Å². The number of hydrogen-bond donors (Lipinski definition) is 2. The summed E-state index contributed by atoms with van der Waals surface area (Å²) in [6, 6.07) is 0. The van der Waals surface area contributed by atoms with Crippen molar-refractivity contribution in [2.45, 2.75) is 6.42 Å². The number of nitrogens with one attached hydrogen (secondary N) is 1. The van der Waals surface area contributed by atoms with Gasteiger partial charge in [-0.05, 0) is 13.0 Å². The minimum absolute atomic E-state index is 0.186. The predicted molar refractivity (Wildman–Crippen MR) is 30.6 cm³/mol. The van der Waals surface area contributed by atoms with Crippen molar-refractivity contribution >= 4 is 6.29 Å². The molecule has 48 valence electrons. The summed E-state index contributed by atoms with van der Waals surface area (Å²) in [7, 11) is 0. The maximum atomic E-state index is 9.64. The smallest absolute Gasteiger partial charge is 0.133 e. The van der Waals surface area contributed by atoms with Crippen molar-refractivity contribution in [3.8, 4) is 0 Å². The van der Waals surface area contributed by atoms with Gasteiger partial charge in [-0.15, -0.1) is 0 Å². The molecular weight excluding hydrogens is 106 g/mol. The van der Waals surface area contributed by atoms with E-state index in [1.54, 1.807) is 0 Å². The van der Waals surface area contributed by atoms with Crippen molar-refractivity contribution in [1.82, 2.24) is 5.32 Å². The van der Waals surface area contributed by atoms with E-state index in [0.29, 0.717) is 13.0 Å². The van der Waals surface area contributed by atoms with Gasteiger partial charge in [-0.2, -0.15) is 0 Å². The summed E-state index contributed by atoms with van der Waals surface area (Å²) in [5, 5.41) is 11.0. The first-order chi connectivity index (χ1) is 3.91. The Bertz CT molecular complexity index is 56.4. The molecule has 0 atom stereocenters. The van der Waals surface area contributed by atoms with Gasteiger partial charge in [0.1, 0.15) is 6.29 Å². The van der Waals surface area contributed by atoms with Crippen LogP contribution in [0.3, 0.4) is 0 Å². The summed E-state index contributed by atoms with van der Waals surface area (Å²) in [4.78, 5) is 9.64. The summed E-state index contributed by atoms with van der Waals surface area (Å²) in [6.45, 7) is 1.29. The van der Waals surface area contributed by atoms with Crippen LogP contribution in [-0.2, 0) is 4.79 Å². The lowest BCUT2D eigenvalue weighted by Crippen LogP contribution is -2.18. The van der Waals surface area contributed by atoms with Gasteiger partial charge in [0.15, 0.2) is 0 Å². The van der Waals surface area contributed by atoms with Crippen LogP contribution in [0.5, 0.6) is 0 Å². The highest BCUT2D eigenvalue weighted by molar-refractivity contribution is 5.51.